The Kier molecular flexibility index (Phi) is 7.50. The maximum Gasteiger partial charge on any atom is 0.269 e. The van der Waals surface area contributed by atoms with Crippen LogP contribution in [-0.4, -0.2) is 32.0 Å². The Hall–Kier alpha value is -3.90. The minimum atomic E-state index is -0.657. The molecule has 30 heavy (non-hydrogen) atoms. The quantitative estimate of drug-likeness (QED) is 0.470. The molecule has 0 heterocycles. The van der Waals surface area contributed by atoms with Gasteiger partial charge in [0.25, 0.3) is 23.2 Å². The van der Waals surface area contributed by atoms with E-state index < -0.39 is 21.7 Å². The van der Waals surface area contributed by atoms with Crippen molar-refractivity contribution in [3.05, 3.63) is 79.9 Å². The summed E-state index contributed by atoms with van der Waals surface area (Å²) in [6.07, 6.45) is 0. The van der Waals surface area contributed by atoms with Crippen molar-refractivity contribution in [2.45, 2.75) is 27.1 Å². The molecule has 2 amide bonds. The van der Waals surface area contributed by atoms with E-state index in [0.29, 0.717) is 21.5 Å². The highest BCUT2D eigenvalue weighted by molar-refractivity contribution is 5.77. The first kappa shape index (κ1) is 22.4. The molecule has 0 aliphatic heterocycles. The van der Waals surface area contributed by atoms with Crippen LogP contribution in [0.4, 0.5) is 11.4 Å². The minimum Gasteiger partial charge on any atom is -0.271 e. The summed E-state index contributed by atoms with van der Waals surface area (Å²) in [4.78, 5) is 54.9. The van der Waals surface area contributed by atoms with Crippen molar-refractivity contribution in [3.63, 3.8) is 0 Å². The van der Waals surface area contributed by atoms with Gasteiger partial charge in [0.2, 0.25) is 0 Å². The molecule has 0 fully saturated rings. The molecular formula is C18H18N4O8. The Balaban J connectivity index is 2.05. The van der Waals surface area contributed by atoms with E-state index in [1.165, 1.54) is 48.5 Å². The van der Waals surface area contributed by atoms with Gasteiger partial charge in [-0.05, 0) is 35.4 Å². The molecule has 0 spiro atoms. The number of carbonyl (C=O) groups excluding carboxylic acids is 2. The van der Waals surface area contributed by atoms with Crippen LogP contribution in [0.5, 0.6) is 0 Å². The van der Waals surface area contributed by atoms with Crippen LogP contribution >= 0.6 is 0 Å². The molecule has 0 saturated carbocycles. The fourth-order valence-electron chi connectivity index (χ4n) is 2.24. The van der Waals surface area contributed by atoms with E-state index in [1.807, 2.05) is 0 Å². The summed E-state index contributed by atoms with van der Waals surface area (Å²) in [5.41, 5.74) is 0.842. The summed E-state index contributed by atoms with van der Waals surface area (Å²) >= 11 is 0. The molecule has 2 rings (SSSR count). The second-order valence-electron chi connectivity index (χ2n) is 5.98. The Labute approximate surface area is 170 Å². The highest BCUT2D eigenvalue weighted by Crippen LogP contribution is 2.16. The number of carbonyl (C=O) groups is 2. The van der Waals surface area contributed by atoms with E-state index in [-0.39, 0.29) is 24.6 Å². The number of hydroxylamine groups is 2. The average molecular weight is 418 g/mol. The standard InChI is InChI=1S/C18H18N4O8/c1-13(23)19(29-11-15-3-7-17(8-4-15)21(25)26)20(14(2)24)30-12-16-5-9-18(10-6-16)22(27)28/h3-10H,11-12H2,1-2H3. The molecule has 12 heteroatoms. The van der Waals surface area contributed by atoms with E-state index in [0.717, 1.165) is 13.8 Å². The fraction of sp³-hybridized carbons (Fsp3) is 0.222. The molecule has 0 saturated heterocycles. The van der Waals surface area contributed by atoms with Crippen molar-refractivity contribution in [1.29, 1.82) is 0 Å². The van der Waals surface area contributed by atoms with Crippen LogP contribution in [-0.2, 0) is 32.5 Å². The van der Waals surface area contributed by atoms with Gasteiger partial charge in [0, 0.05) is 38.1 Å². The summed E-state index contributed by atoms with van der Waals surface area (Å²) < 4.78 is 0. The van der Waals surface area contributed by atoms with Crippen molar-refractivity contribution in [2.24, 2.45) is 0 Å². The zero-order chi connectivity index (χ0) is 22.3. The number of non-ortho nitro benzene ring substituents is 2. The van der Waals surface area contributed by atoms with Gasteiger partial charge in [0.1, 0.15) is 13.2 Å². The first-order valence-electron chi connectivity index (χ1n) is 8.53. The Morgan fingerprint density at radius 2 is 1.03 bits per heavy atom. The first-order chi connectivity index (χ1) is 14.2. The summed E-state index contributed by atoms with van der Waals surface area (Å²) in [5.74, 6) is -1.31. The van der Waals surface area contributed by atoms with Crippen molar-refractivity contribution in [2.75, 3.05) is 0 Å². The summed E-state index contributed by atoms with van der Waals surface area (Å²) in [6, 6.07) is 10.9. The molecule has 0 N–H and O–H groups in total. The van der Waals surface area contributed by atoms with E-state index in [2.05, 4.69) is 0 Å². The lowest BCUT2D eigenvalue weighted by atomic mass is 10.2. The van der Waals surface area contributed by atoms with Crippen LogP contribution < -0.4 is 0 Å². The van der Waals surface area contributed by atoms with Gasteiger partial charge in [-0.25, -0.2) is 9.68 Å². The van der Waals surface area contributed by atoms with Gasteiger partial charge in [-0.15, -0.1) is 0 Å². The number of nitrogens with zero attached hydrogens (tertiary/aromatic N) is 4. The van der Waals surface area contributed by atoms with Crippen LogP contribution in [0.2, 0.25) is 0 Å². The topological polar surface area (TPSA) is 145 Å². The molecular weight excluding hydrogens is 400 g/mol. The number of hydrogen-bond acceptors (Lipinski definition) is 8. The zero-order valence-electron chi connectivity index (χ0n) is 16.1. The molecule has 0 unspecified atom stereocenters. The number of rotatable bonds is 8. The minimum absolute atomic E-state index is 0.0982. The molecule has 12 nitrogen and oxygen atoms in total. The number of nitro groups is 2. The number of benzene rings is 2. The predicted molar refractivity (Wildman–Crippen MR) is 101 cm³/mol. The Morgan fingerprint density at radius 1 is 0.733 bits per heavy atom. The van der Waals surface area contributed by atoms with Gasteiger partial charge in [-0.1, -0.05) is 10.3 Å². The van der Waals surface area contributed by atoms with E-state index in [9.17, 15) is 29.8 Å². The molecule has 0 bridgehead atoms. The largest absolute Gasteiger partial charge is 0.271 e. The van der Waals surface area contributed by atoms with Crippen LogP contribution in [0.15, 0.2) is 48.5 Å². The normalized spacial score (nSPS) is 10.3. The van der Waals surface area contributed by atoms with Gasteiger partial charge >= 0.3 is 0 Å². The van der Waals surface area contributed by atoms with E-state index >= 15 is 0 Å². The SMILES string of the molecule is CC(=O)N(OCc1ccc([N+](=O)[O-])cc1)N(OCc1ccc([N+](=O)[O-])cc1)C(C)=O. The van der Waals surface area contributed by atoms with Crippen molar-refractivity contribution in [3.8, 4) is 0 Å². The van der Waals surface area contributed by atoms with E-state index in [4.69, 9.17) is 9.68 Å². The second-order valence-corrected chi connectivity index (χ2v) is 5.98. The third kappa shape index (κ3) is 6.05. The maximum absolute atomic E-state index is 11.9. The van der Waals surface area contributed by atoms with Crippen LogP contribution in [0, 0.1) is 20.2 Å². The molecule has 158 valence electrons. The monoisotopic (exact) mass is 418 g/mol. The lowest BCUT2D eigenvalue weighted by molar-refractivity contribution is -0.385. The lowest BCUT2D eigenvalue weighted by Gasteiger charge is -2.30. The number of amides is 2. The molecule has 0 radical (unpaired) electrons. The smallest absolute Gasteiger partial charge is 0.269 e. The Bertz CT molecular complexity index is 853. The maximum atomic E-state index is 11.9. The number of hydrogen-bond donors (Lipinski definition) is 0. The van der Waals surface area contributed by atoms with Crippen LogP contribution in [0.25, 0.3) is 0 Å². The highest BCUT2D eigenvalue weighted by atomic mass is 16.8. The molecule has 2 aromatic rings. The average Bonchev–Trinajstić information content (AvgIpc) is 2.70. The van der Waals surface area contributed by atoms with Crippen LogP contribution in [0.3, 0.4) is 0 Å². The van der Waals surface area contributed by atoms with Gasteiger partial charge < -0.3 is 0 Å². The highest BCUT2D eigenvalue weighted by Gasteiger charge is 2.24. The third-order valence-electron chi connectivity index (χ3n) is 3.71. The molecule has 2 aromatic carbocycles. The van der Waals surface area contributed by atoms with Gasteiger partial charge in [-0.2, -0.15) is 0 Å². The second kappa shape index (κ2) is 10.0. The number of nitro benzene ring substituents is 2. The zero-order valence-corrected chi connectivity index (χ0v) is 16.1. The van der Waals surface area contributed by atoms with Crippen molar-refractivity contribution < 1.29 is 29.1 Å². The van der Waals surface area contributed by atoms with Crippen molar-refractivity contribution >= 4 is 23.2 Å². The number of hydrazine groups is 1. The molecule has 0 aromatic heterocycles. The summed E-state index contributed by atoms with van der Waals surface area (Å²) in [7, 11) is 0. The first-order valence-corrected chi connectivity index (χ1v) is 8.53. The molecule has 0 aliphatic carbocycles. The van der Waals surface area contributed by atoms with E-state index in [1.54, 1.807) is 0 Å². The summed E-state index contributed by atoms with van der Waals surface area (Å²) in [6.45, 7) is 1.98. The molecule has 0 aliphatic rings. The fourth-order valence-corrected chi connectivity index (χ4v) is 2.24. The predicted octanol–water partition coefficient (Wildman–Crippen LogP) is 2.68. The van der Waals surface area contributed by atoms with Crippen LogP contribution in [0.1, 0.15) is 25.0 Å². The van der Waals surface area contributed by atoms with Gasteiger partial charge in [-0.3, -0.25) is 29.8 Å². The molecule has 0 atom stereocenters. The summed E-state index contributed by atoms with van der Waals surface area (Å²) in [5, 5.41) is 22.6. The third-order valence-corrected chi connectivity index (χ3v) is 3.71. The van der Waals surface area contributed by atoms with Crippen molar-refractivity contribution in [1.82, 2.24) is 10.3 Å². The van der Waals surface area contributed by atoms with Gasteiger partial charge in [0.05, 0.1) is 9.85 Å². The van der Waals surface area contributed by atoms with Gasteiger partial charge in [0.15, 0.2) is 0 Å². The Morgan fingerprint density at radius 3 is 1.27 bits per heavy atom. The lowest BCUT2D eigenvalue weighted by Crippen LogP contribution is -2.47.